The van der Waals surface area contributed by atoms with Crippen molar-refractivity contribution >= 4 is 12.0 Å². The van der Waals surface area contributed by atoms with Crippen LogP contribution in [0.3, 0.4) is 0 Å². The Kier molecular flexibility index (Phi) is 3.98. The summed E-state index contributed by atoms with van der Waals surface area (Å²) in [6.45, 7) is 0.358. The first-order valence-corrected chi connectivity index (χ1v) is 6.13. The van der Waals surface area contributed by atoms with Crippen LogP contribution in [0.4, 0.5) is 4.79 Å². The van der Waals surface area contributed by atoms with E-state index >= 15 is 0 Å². The van der Waals surface area contributed by atoms with Crippen molar-refractivity contribution in [3.05, 3.63) is 12.2 Å². The fourth-order valence-corrected chi connectivity index (χ4v) is 2.11. The number of carboxylic acid groups (broad SMARTS) is 1. The Hall–Kier alpha value is -2.12. The zero-order chi connectivity index (χ0) is 13.7. The summed E-state index contributed by atoms with van der Waals surface area (Å²) in [6, 6.07) is -0.361. The van der Waals surface area contributed by atoms with E-state index in [1.807, 2.05) is 0 Å². The third-order valence-electron chi connectivity index (χ3n) is 3.21. The van der Waals surface area contributed by atoms with E-state index in [1.54, 1.807) is 0 Å². The highest BCUT2D eigenvalue weighted by molar-refractivity contribution is 5.77. The van der Waals surface area contributed by atoms with Gasteiger partial charge in [0.05, 0.1) is 12.0 Å². The van der Waals surface area contributed by atoms with Crippen LogP contribution in [-0.4, -0.2) is 39.3 Å². The predicted octanol–water partition coefficient (Wildman–Crippen LogP) is 0.309. The first-order chi connectivity index (χ1) is 9.10. The number of nitrogens with one attached hydrogen (secondary N) is 2. The van der Waals surface area contributed by atoms with E-state index in [9.17, 15) is 9.59 Å². The predicted molar refractivity (Wildman–Crippen MR) is 63.4 cm³/mol. The Bertz CT molecular complexity index is 442. The molecule has 0 aliphatic heterocycles. The average molecular weight is 268 g/mol. The van der Waals surface area contributed by atoms with Gasteiger partial charge in [-0.2, -0.15) is 4.98 Å². The van der Waals surface area contributed by atoms with Crippen LogP contribution in [0.2, 0.25) is 0 Å². The number of urea groups is 1. The topological polar surface area (TPSA) is 117 Å². The van der Waals surface area contributed by atoms with Crippen molar-refractivity contribution in [3.8, 4) is 0 Å². The second-order valence-corrected chi connectivity index (χ2v) is 4.67. The summed E-state index contributed by atoms with van der Waals surface area (Å²) in [7, 11) is 0. The van der Waals surface area contributed by atoms with Gasteiger partial charge >= 0.3 is 12.0 Å². The summed E-state index contributed by atoms with van der Waals surface area (Å²) in [6.07, 6.45) is 4.05. The molecular weight excluding hydrogens is 252 g/mol. The van der Waals surface area contributed by atoms with E-state index in [1.165, 1.54) is 6.33 Å². The fraction of sp³-hybridized carbons (Fsp3) is 0.636. The van der Waals surface area contributed by atoms with Gasteiger partial charge < -0.3 is 20.3 Å². The maximum atomic E-state index is 11.7. The molecule has 1 fully saturated rings. The molecule has 0 bridgehead atoms. The van der Waals surface area contributed by atoms with Crippen LogP contribution in [0.5, 0.6) is 0 Å². The Morgan fingerprint density at radius 2 is 2.26 bits per heavy atom. The van der Waals surface area contributed by atoms with Gasteiger partial charge in [-0.15, -0.1) is 0 Å². The standard InChI is InChI=1S/C11H16N4O4/c16-9(17)6-11(3-1-4-11)15-10(18)12-5-2-8-13-7-14-19-8/h7H,1-6H2,(H,16,17)(H2,12,15,18). The molecule has 104 valence electrons. The summed E-state index contributed by atoms with van der Waals surface area (Å²) in [5, 5.41) is 17.7. The molecule has 0 radical (unpaired) electrons. The Morgan fingerprint density at radius 3 is 2.79 bits per heavy atom. The lowest BCUT2D eigenvalue weighted by molar-refractivity contribution is -0.139. The third-order valence-corrected chi connectivity index (χ3v) is 3.21. The normalized spacial score (nSPS) is 16.4. The lowest BCUT2D eigenvalue weighted by Crippen LogP contribution is -2.57. The van der Waals surface area contributed by atoms with Crippen molar-refractivity contribution in [1.29, 1.82) is 0 Å². The highest BCUT2D eigenvalue weighted by atomic mass is 16.5. The SMILES string of the molecule is O=C(O)CC1(NC(=O)NCCc2ncno2)CCC1. The molecule has 0 aromatic carbocycles. The molecule has 1 aromatic heterocycles. The van der Waals surface area contributed by atoms with E-state index in [2.05, 4.69) is 20.8 Å². The van der Waals surface area contributed by atoms with Crippen molar-refractivity contribution in [2.75, 3.05) is 6.54 Å². The molecule has 19 heavy (non-hydrogen) atoms. The summed E-state index contributed by atoms with van der Waals surface area (Å²) in [5.74, 6) is -0.449. The molecule has 2 rings (SSSR count). The van der Waals surface area contributed by atoms with Gasteiger partial charge in [-0.1, -0.05) is 5.16 Å². The quantitative estimate of drug-likeness (QED) is 0.683. The second-order valence-electron chi connectivity index (χ2n) is 4.67. The minimum Gasteiger partial charge on any atom is -0.481 e. The number of amides is 2. The second kappa shape index (κ2) is 5.68. The summed E-state index contributed by atoms with van der Waals surface area (Å²) in [4.78, 5) is 26.3. The third kappa shape index (κ3) is 3.67. The summed E-state index contributed by atoms with van der Waals surface area (Å²) >= 11 is 0. The number of hydrogen-bond donors (Lipinski definition) is 3. The number of aromatic nitrogens is 2. The molecule has 0 saturated heterocycles. The van der Waals surface area contributed by atoms with E-state index in [-0.39, 0.29) is 12.5 Å². The van der Waals surface area contributed by atoms with Gasteiger partial charge in [-0.3, -0.25) is 4.79 Å². The van der Waals surface area contributed by atoms with Gasteiger partial charge in [0, 0.05) is 13.0 Å². The summed E-state index contributed by atoms with van der Waals surface area (Å²) < 4.78 is 4.79. The average Bonchev–Trinajstić information content (AvgIpc) is 2.78. The van der Waals surface area contributed by atoms with Gasteiger partial charge in [-0.25, -0.2) is 4.79 Å². The van der Waals surface area contributed by atoms with E-state index < -0.39 is 11.5 Å². The molecule has 0 spiro atoms. The molecule has 2 amide bonds. The van der Waals surface area contributed by atoms with Gasteiger partial charge in [0.2, 0.25) is 5.89 Å². The Balaban J connectivity index is 1.72. The maximum absolute atomic E-state index is 11.7. The van der Waals surface area contributed by atoms with Crippen LogP contribution in [0.25, 0.3) is 0 Å². The van der Waals surface area contributed by atoms with Crippen LogP contribution in [-0.2, 0) is 11.2 Å². The Morgan fingerprint density at radius 1 is 1.47 bits per heavy atom. The highest BCUT2D eigenvalue weighted by Crippen LogP contribution is 2.34. The number of rotatable bonds is 6. The molecular formula is C11H16N4O4. The smallest absolute Gasteiger partial charge is 0.315 e. The van der Waals surface area contributed by atoms with Crippen molar-refractivity contribution < 1.29 is 19.2 Å². The molecule has 8 nitrogen and oxygen atoms in total. The van der Waals surface area contributed by atoms with Gasteiger partial charge in [0.15, 0.2) is 6.33 Å². The molecule has 1 saturated carbocycles. The minimum absolute atomic E-state index is 0.0376. The lowest BCUT2D eigenvalue weighted by atomic mass is 9.74. The number of nitrogens with zero attached hydrogens (tertiary/aromatic N) is 2. The zero-order valence-electron chi connectivity index (χ0n) is 10.4. The van der Waals surface area contributed by atoms with Gasteiger partial charge in [0.25, 0.3) is 0 Å². The number of carboxylic acids is 1. The molecule has 3 N–H and O–H groups in total. The van der Waals surface area contributed by atoms with Crippen LogP contribution < -0.4 is 10.6 Å². The molecule has 1 aliphatic carbocycles. The Labute approximate surface area is 109 Å². The first kappa shape index (κ1) is 13.3. The van der Waals surface area contributed by atoms with Crippen LogP contribution in [0.1, 0.15) is 31.6 Å². The van der Waals surface area contributed by atoms with E-state index in [0.717, 1.165) is 6.42 Å². The van der Waals surface area contributed by atoms with Crippen molar-refractivity contribution in [2.24, 2.45) is 0 Å². The van der Waals surface area contributed by atoms with Crippen LogP contribution in [0.15, 0.2) is 10.9 Å². The molecule has 0 atom stereocenters. The minimum atomic E-state index is -0.897. The molecule has 1 heterocycles. The monoisotopic (exact) mass is 268 g/mol. The van der Waals surface area contributed by atoms with Crippen LogP contribution in [0, 0.1) is 0 Å². The fourth-order valence-electron chi connectivity index (χ4n) is 2.11. The van der Waals surface area contributed by atoms with Crippen molar-refractivity contribution in [1.82, 2.24) is 20.8 Å². The zero-order valence-corrected chi connectivity index (χ0v) is 10.4. The van der Waals surface area contributed by atoms with Gasteiger partial charge in [0.1, 0.15) is 0 Å². The number of carbonyl (C=O) groups is 2. The van der Waals surface area contributed by atoms with Crippen LogP contribution >= 0.6 is 0 Å². The maximum Gasteiger partial charge on any atom is 0.315 e. The largest absolute Gasteiger partial charge is 0.481 e. The lowest BCUT2D eigenvalue weighted by Gasteiger charge is -2.41. The van der Waals surface area contributed by atoms with Gasteiger partial charge in [-0.05, 0) is 19.3 Å². The summed E-state index contributed by atoms with van der Waals surface area (Å²) in [5.41, 5.74) is -0.583. The van der Waals surface area contributed by atoms with Crippen molar-refractivity contribution in [3.63, 3.8) is 0 Å². The molecule has 1 aromatic rings. The molecule has 8 heteroatoms. The molecule has 0 unspecified atom stereocenters. The van der Waals surface area contributed by atoms with E-state index in [4.69, 9.17) is 9.63 Å². The molecule has 1 aliphatic rings. The number of aliphatic carboxylic acids is 1. The number of hydrogen-bond acceptors (Lipinski definition) is 5. The highest BCUT2D eigenvalue weighted by Gasteiger charge is 2.40. The first-order valence-electron chi connectivity index (χ1n) is 6.13. The number of carbonyl (C=O) groups excluding carboxylic acids is 1. The van der Waals surface area contributed by atoms with Crippen molar-refractivity contribution in [2.45, 2.75) is 37.6 Å². The van der Waals surface area contributed by atoms with E-state index in [0.29, 0.717) is 31.7 Å².